The van der Waals surface area contributed by atoms with Gasteiger partial charge in [0.05, 0.1) is 7.11 Å². The Morgan fingerprint density at radius 2 is 2.33 bits per heavy atom. The monoisotopic (exact) mass is 246 g/mol. The highest BCUT2D eigenvalue weighted by molar-refractivity contribution is 5.48. The first kappa shape index (κ1) is 13.0. The van der Waals surface area contributed by atoms with Crippen LogP contribution in [0.5, 0.6) is 11.5 Å². The molecule has 0 saturated heterocycles. The number of hydrogen-bond acceptors (Lipinski definition) is 2. The van der Waals surface area contributed by atoms with Crippen LogP contribution in [0.15, 0.2) is 24.8 Å². The number of methoxy groups -OCH3 is 1. The Morgan fingerprint density at radius 1 is 1.50 bits per heavy atom. The maximum atomic E-state index is 9.83. The van der Waals surface area contributed by atoms with Crippen LogP contribution < -0.4 is 4.74 Å². The number of unbranched alkanes of at least 4 members (excludes halogenated alkanes) is 1. The normalized spacial score (nSPS) is 18.2. The van der Waals surface area contributed by atoms with E-state index in [4.69, 9.17) is 4.74 Å². The molecule has 0 spiro atoms. The first-order valence-electron chi connectivity index (χ1n) is 6.77. The molecular weight excluding hydrogens is 224 g/mol. The number of rotatable bonds is 5. The molecule has 0 aliphatic heterocycles. The van der Waals surface area contributed by atoms with E-state index in [-0.39, 0.29) is 5.75 Å². The molecule has 1 aliphatic rings. The predicted octanol–water partition coefficient (Wildman–Crippen LogP) is 4.18. The van der Waals surface area contributed by atoms with Crippen molar-refractivity contribution in [3.63, 3.8) is 0 Å². The van der Waals surface area contributed by atoms with Gasteiger partial charge in [-0.3, -0.25) is 0 Å². The highest BCUT2D eigenvalue weighted by Crippen LogP contribution is 2.40. The van der Waals surface area contributed by atoms with E-state index < -0.39 is 0 Å². The molecule has 18 heavy (non-hydrogen) atoms. The topological polar surface area (TPSA) is 29.5 Å². The summed E-state index contributed by atoms with van der Waals surface area (Å²) >= 11 is 0. The van der Waals surface area contributed by atoms with Gasteiger partial charge in [-0.2, -0.15) is 0 Å². The molecule has 1 aliphatic carbocycles. The lowest BCUT2D eigenvalue weighted by atomic mass is 9.80. The van der Waals surface area contributed by atoms with Crippen molar-refractivity contribution < 1.29 is 9.84 Å². The summed E-state index contributed by atoms with van der Waals surface area (Å²) in [6, 6.07) is 3.91. The molecule has 0 fully saturated rings. The second-order valence-corrected chi connectivity index (χ2v) is 5.03. The highest BCUT2D eigenvalue weighted by Gasteiger charge is 2.21. The summed E-state index contributed by atoms with van der Waals surface area (Å²) in [5.41, 5.74) is 2.67. The zero-order valence-corrected chi connectivity index (χ0v) is 11.1. The number of hydrogen-bond donors (Lipinski definition) is 1. The highest BCUT2D eigenvalue weighted by atomic mass is 16.5. The van der Waals surface area contributed by atoms with Gasteiger partial charge in [0.2, 0.25) is 0 Å². The first-order chi connectivity index (χ1) is 8.76. The molecule has 2 heteroatoms. The third-order valence-corrected chi connectivity index (χ3v) is 3.84. The van der Waals surface area contributed by atoms with Crippen molar-refractivity contribution in [2.75, 3.05) is 7.11 Å². The molecule has 1 aromatic rings. The first-order valence-corrected chi connectivity index (χ1v) is 6.77. The van der Waals surface area contributed by atoms with Gasteiger partial charge in [0, 0.05) is 0 Å². The van der Waals surface area contributed by atoms with Gasteiger partial charge in [-0.05, 0) is 67.7 Å². The molecule has 2 nitrogen and oxygen atoms in total. The molecule has 0 radical (unpaired) electrons. The summed E-state index contributed by atoms with van der Waals surface area (Å²) in [6.45, 7) is 3.77. The molecule has 2 rings (SSSR count). The summed E-state index contributed by atoms with van der Waals surface area (Å²) in [4.78, 5) is 0. The average molecular weight is 246 g/mol. The Kier molecular flexibility index (Phi) is 4.29. The lowest BCUT2D eigenvalue weighted by molar-refractivity contribution is 0.370. The number of aromatic hydroxyl groups is 1. The van der Waals surface area contributed by atoms with E-state index >= 15 is 0 Å². The van der Waals surface area contributed by atoms with Gasteiger partial charge in [-0.1, -0.05) is 6.08 Å². The third kappa shape index (κ3) is 2.69. The van der Waals surface area contributed by atoms with Gasteiger partial charge in [-0.25, -0.2) is 0 Å². The van der Waals surface area contributed by atoms with E-state index in [1.807, 2.05) is 18.2 Å². The Bertz CT molecular complexity index is 423. The van der Waals surface area contributed by atoms with Crippen molar-refractivity contribution in [2.45, 2.75) is 44.4 Å². The predicted molar refractivity (Wildman–Crippen MR) is 74.4 cm³/mol. The minimum Gasteiger partial charge on any atom is -0.504 e. The summed E-state index contributed by atoms with van der Waals surface area (Å²) in [7, 11) is 1.61. The fourth-order valence-corrected chi connectivity index (χ4v) is 2.89. The standard InChI is InChI=1S/C16H22O2/c1-3-4-5-7-12-8-6-9-13-10-15(17)16(18-2)11-14(12)13/h3,10-12,17H,1,4-9H2,2H3. The molecule has 1 N–H and O–H groups in total. The van der Waals surface area contributed by atoms with Crippen molar-refractivity contribution in [1.29, 1.82) is 0 Å². The summed E-state index contributed by atoms with van der Waals surface area (Å²) in [5, 5.41) is 9.83. The maximum Gasteiger partial charge on any atom is 0.160 e. The van der Waals surface area contributed by atoms with Gasteiger partial charge in [0.15, 0.2) is 11.5 Å². The largest absolute Gasteiger partial charge is 0.504 e. The van der Waals surface area contributed by atoms with Gasteiger partial charge < -0.3 is 9.84 Å². The van der Waals surface area contributed by atoms with Crippen molar-refractivity contribution in [2.24, 2.45) is 0 Å². The second-order valence-electron chi connectivity index (χ2n) is 5.03. The number of ether oxygens (including phenoxy) is 1. The molecule has 1 aromatic carbocycles. The van der Waals surface area contributed by atoms with Crippen LogP contribution in [0.1, 0.15) is 49.1 Å². The number of benzene rings is 1. The van der Waals surface area contributed by atoms with Crippen LogP contribution in [0.3, 0.4) is 0 Å². The van der Waals surface area contributed by atoms with Crippen LogP contribution >= 0.6 is 0 Å². The maximum absolute atomic E-state index is 9.83. The van der Waals surface area contributed by atoms with Crippen LogP contribution in [0.2, 0.25) is 0 Å². The van der Waals surface area contributed by atoms with Crippen LogP contribution in [-0.2, 0) is 6.42 Å². The molecule has 0 amide bonds. The fourth-order valence-electron chi connectivity index (χ4n) is 2.89. The fraction of sp³-hybridized carbons (Fsp3) is 0.500. The van der Waals surface area contributed by atoms with Gasteiger partial charge in [-0.15, -0.1) is 6.58 Å². The van der Waals surface area contributed by atoms with Gasteiger partial charge in [0.25, 0.3) is 0 Å². The Balaban J connectivity index is 2.21. The molecule has 0 aromatic heterocycles. The Labute approximate surface area is 109 Å². The van der Waals surface area contributed by atoms with Crippen LogP contribution in [0.25, 0.3) is 0 Å². The summed E-state index contributed by atoms with van der Waals surface area (Å²) in [6.07, 6.45) is 9.01. The SMILES string of the molecule is C=CCCCC1CCCc2cc(O)c(OC)cc21. The van der Waals surface area contributed by atoms with Gasteiger partial charge in [0.1, 0.15) is 0 Å². The minimum absolute atomic E-state index is 0.267. The number of phenols is 1. The molecule has 1 atom stereocenters. The van der Waals surface area contributed by atoms with E-state index in [1.165, 1.54) is 36.8 Å². The number of phenolic OH excluding ortho intramolecular Hbond substituents is 1. The van der Waals surface area contributed by atoms with Crippen molar-refractivity contribution in [1.82, 2.24) is 0 Å². The minimum atomic E-state index is 0.267. The smallest absolute Gasteiger partial charge is 0.160 e. The van der Waals surface area contributed by atoms with E-state index in [0.717, 1.165) is 12.8 Å². The third-order valence-electron chi connectivity index (χ3n) is 3.84. The molecule has 1 unspecified atom stereocenters. The summed E-state index contributed by atoms with van der Waals surface area (Å²) in [5.74, 6) is 1.48. The van der Waals surface area contributed by atoms with Gasteiger partial charge >= 0.3 is 0 Å². The van der Waals surface area contributed by atoms with Crippen molar-refractivity contribution in [3.05, 3.63) is 35.9 Å². The number of allylic oxidation sites excluding steroid dienone is 1. The van der Waals surface area contributed by atoms with E-state index in [0.29, 0.717) is 11.7 Å². The van der Waals surface area contributed by atoms with Crippen LogP contribution in [-0.4, -0.2) is 12.2 Å². The summed E-state index contributed by atoms with van der Waals surface area (Å²) < 4.78 is 5.22. The number of aryl methyl sites for hydroxylation is 1. The van der Waals surface area contributed by atoms with E-state index in [9.17, 15) is 5.11 Å². The van der Waals surface area contributed by atoms with Crippen molar-refractivity contribution in [3.8, 4) is 11.5 Å². The Morgan fingerprint density at radius 3 is 3.06 bits per heavy atom. The van der Waals surface area contributed by atoms with E-state index in [1.54, 1.807) is 7.11 Å². The zero-order chi connectivity index (χ0) is 13.0. The second kappa shape index (κ2) is 5.94. The quantitative estimate of drug-likeness (QED) is 0.624. The molecule has 0 heterocycles. The molecule has 0 bridgehead atoms. The Hall–Kier alpha value is -1.44. The number of fused-ring (bicyclic) bond motifs is 1. The van der Waals surface area contributed by atoms with Crippen LogP contribution in [0, 0.1) is 0 Å². The zero-order valence-electron chi connectivity index (χ0n) is 11.1. The lowest BCUT2D eigenvalue weighted by Gasteiger charge is -2.26. The molecule has 98 valence electrons. The van der Waals surface area contributed by atoms with E-state index in [2.05, 4.69) is 6.58 Å². The molecule has 0 saturated carbocycles. The van der Waals surface area contributed by atoms with Crippen LogP contribution in [0.4, 0.5) is 0 Å². The lowest BCUT2D eigenvalue weighted by Crippen LogP contribution is -2.10. The average Bonchev–Trinajstić information content (AvgIpc) is 2.38. The molecular formula is C16H22O2. The van der Waals surface area contributed by atoms with Crippen molar-refractivity contribution >= 4 is 0 Å².